The first-order valence-corrected chi connectivity index (χ1v) is 12.0. The molecule has 0 unspecified atom stereocenters. The fourth-order valence-corrected chi connectivity index (χ4v) is 4.41. The number of rotatable bonds is 6. The summed E-state index contributed by atoms with van der Waals surface area (Å²) < 4.78 is 20.4. The minimum Gasteiger partial charge on any atom is -0.366 e. The number of alkyl halides is 1. The van der Waals surface area contributed by atoms with Gasteiger partial charge in [0.1, 0.15) is 12.2 Å². The van der Waals surface area contributed by atoms with E-state index in [2.05, 4.69) is 83.3 Å². The molecule has 0 aromatic heterocycles. The first-order valence-electron chi connectivity index (χ1n) is 10.5. The van der Waals surface area contributed by atoms with Crippen molar-refractivity contribution in [3.05, 3.63) is 108 Å². The Bertz CT molecular complexity index is 873. The molecule has 0 bridgehead atoms. The third-order valence-corrected chi connectivity index (χ3v) is 6.33. The van der Waals surface area contributed by atoms with Gasteiger partial charge in [-0.1, -0.05) is 114 Å². The Kier molecular flexibility index (Phi) is 7.92. The fourth-order valence-electron chi connectivity index (χ4n) is 3.76. The zero-order valence-electron chi connectivity index (χ0n) is 16.9. The first kappa shape index (κ1) is 21.5. The molecule has 1 saturated heterocycles. The Morgan fingerprint density at radius 1 is 0.700 bits per heavy atom. The summed E-state index contributed by atoms with van der Waals surface area (Å²) in [4.78, 5) is 0. The maximum atomic E-state index is 6.62. The van der Waals surface area contributed by atoms with Crippen molar-refractivity contribution in [1.82, 2.24) is 0 Å². The Hall–Kier alpha value is -1.73. The van der Waals surface area contributed by atoms with E-state index in [4.69, 9.17) is 14.2 Å². The Balaban J connectivity index is 1.62. The summed E-state index contributed by atoms with van der Waals surface area (Å²) in [6.45, 7) is 0.540. The molecular weight excluding hydrogens is 487 g/mol. The van der Waals surface area contributed by atoms with Crippen LogP contribution >= 0.6 is 22.6 Å². The molecule has 4 heteroatoms. The van der Waals surface area contributed by atoms with Gasteiger partial charge in [0.2, 0.25) is 0 Å². The highest BCUT2D eigenvalue weighted by Gasteiger charge is 2.34. The molecule has 4 rings (SSSR count). The lowest BCUT2D eigenvalue weighted by molar-refractivity contribution is -0.232. The quantitative estimate of drug-likeness (QED) is 0.273. The molecule has 0 aliphatic carbocycles. The molecule has 1 heterocycles. The molecule has 3 aromatic rings. The lowest BCUT2D eigenvalue weighted by atomic mass is 9.96. The molecule has 156 valence electrons. The van der Waals surface area contributed by atoms with E-state index in [1.54, 1.807) is 0 Å². The van der Waals surface area contributed by atoms with Crippen LogP contribution in [-0.4, -0.2) is 16.8 Å². The van der Waals surface area contributed by atoms with Crippen LogP contribution in [0.1, 0.15) is 41.7 Å². The predicted molar refractivity (Wildman–Crippen MR) is 127 cm³/mol. The molecule has 1 aliphatic heterocycles. The molecule has 30 heavy (non-hydrogen) atoms. The van der Waals surface area contributed by atoms with E-state index >= 15 is 0 Å². The van der Waals surface area contributed by atoms with Crippen molar-refractivity contribution in [2.24, 2.45) is 0 Å². The van der Waals surface area contributed by atoms with E-state index < -0.39 is 0 Å². The molecule has 3 aromatic carbocycles. The summed E-state index contributed by atoms with van der Waals surface area (Å²) in [5.74, 6) is 0. The normalized spacial score (nSPS) is 24.7. The van der Waals surface area contributed by atoms with Gasteiger partial charge in [-0.3, -0.25) is 0 Å². The Morgan fingerprint density at radius 2 is 1.23 bits per heavy atom. The van der Waals surface area contributed by atoms with Crippen LogP contribution in [-0.2, 0) is 20.8 Å². The number of hydrogen-bond acceptors (Lipinski definition) is 3. The number of benzene rings is 3. The van der Waals surface area contributed by atoms with Crippen molar-refractivity contribution in [2.75, 3.05) is 4.43 Å². The van der Waals surface area contributed by atoms with Crippen molar-refractivity contribution < 1.29 is 14.2 Å². The van der Waals surface area contributed by atoms with Crippen molar-refractivity contribution in [3.8, 4) is 0 Å². The van der Waals surface area contributed by atoms with Crippen LogP contribution in [0.15, 0.2) is 91.0 Å². The van der Waals surface area contributed by atoms with Crippen LogP contribution < -0.4 is 0 Å². The molecule has 0 N–H and O–H groups in total. The second-order valence-corrected chi connectivity index (χ2v) is 8.40. The summed E-state index contributed by atoms with van der Waals surface area (Å²) >= 11 is 2.42. The fraction of sp³-hybridized carbons (Fsp3) is 0.308. The van der Waals surface area contributed by atoms with Gasteiger partial charge in [0.15, 0.2) is 6.29 Å². The molecule has 1 aliphatic rings. The molecule has 0 spiro atoms. The minimum absolute atomic E-state index is 0.161. The molecular formula is C26H27IO3. The third-order valence-electron chi connectivity index (χ3n) is 5.34. The molecule has 0 saturated carbocycles. The highest BCUT2D eigenvalue weighted by Crippen LogP contribution is 2.40. The molecule has 0 amide bonds. The minimum atomic E-state index is -0.282. The first-order chi connectivity index (χ1) is 14.8. The summed E-state index contributed by atoms with van der Waals surface area (Å²) in [5, 5.41) is 0. The standard InChI is InChI=1S/C26H27IO3/c27-18-23-16-17-24(28-19-20-10-4-1-5-11-20)30-26(22-14-8-3-9-15-22)25(29-23)21-12-6-2-7-13-21/h1-15,23-26H,16-19H2/t23-,24+,25+,26+/m0/s1. The van der Waals surface area contributed by atoms with Gasteiger partial charge < -0.3 is 14.2 Å². The second kappa shape index (κ2) is 11.0. The van der Waals surface area contributed by atoms with Gasteiger partial charge in [-0.2, -0.15) is 0 Å². The monoisotopic (exact) mass is 514 g/mol. The maximum absolute atomic E-state index is 6.62. The topological polar surface area (TPSA) is 27.7 Å². The summed E-state index contributed by atoms with van der Waals surface area (Å²) in [6.07, 6.45) is 1.18. The van der Waals surface area contributed by atoms with Gasteiger partial charge in [0.25, 0.3) is 0 Å². The van der Waals surface area contributed by atoms with Crippen LogP contribution in [0.5, 0.6) is 0 Å². The lowest BCUT2D eigenvalue weighted by Gasteiger charge is -2.36. The van der Waals surface area contributed by atoms with Crippen LogP contribution in [0.3, 0.4) is 0 Å². The Labute approximate surface area is 192 Å². The van der Waals surface area contributed by atoms with Crippen molar-refractivity contribution >= 4 is 22.6 Å². The number of hydrogen-bond donors (Lipinski definition) is 0. The molecule has 1 fully saturated rings. The average molecular weight is 514 g/mol. The van der Waals surface area contributed by atoms with E-state index in [0.717, 1.165) is 34.0 Å². The van der Waals surface area contributed by atoms with E-state index in [9.17, 15) is 0 Å². The van der Waals surface area contributed by atoms with Gasteiger partial charge in [-0.05, 0) is 23.1 Å². The predicted octanol–water partition coefficient (Wildman–Crippen LogP) is 6.64. The summed E-state index contributed by atoms with van der Waals surface area (Å²) in [5.41, 5.74) is 3.39. The SMILES string of the molecule is IC[C@@H]1CC[C@H](OCc2ccccc2)O[C@H](c2ccccc2)[C@@H](c2ccccc2)O1. The zero-order valence-corrected chi connectivity index (χ0v) is 19.1. The molecule has 0 radical (unpaired) electrons. The van der Waals surface area contributed by atoms with Crippen LogP contribution in [0.4, 0.5) is 0 Å². The average Bonchev–Trinajstić information content (AvgIpc) is 2.81. The van der Waals surface area contributed by atoms with Crippen LogP contribution in [0.25, 0.3) is 0 Å². The summed E-state index contributed by atoms with van der Waals surface area (Å²) in [6, 6.07) is 31.0. The van der Waals surface area contributed by atoms with Gasteiger partial charge >= 0.3 is 0 Å². The molecule has 4 atom stereocenters. The highest BCUT2D eigenvalue weighted by molar-refractivity contribution is 14.1. The van der Waals surface area contributed by atoms with E-state index in [1.807, 2.05) is 30.3 Å². The van der Waals surface area contributed by atoms with E-state index in [1.165, 1.54) is 0 Å². The van der Waals surface area contributed by atoms with Gasteiger partial charge in [-0.25, -0.2) is 0 Å². The largest absolute Gasteiger partial charge is 0.366 e. The highest BCUT2D eigenvalue weighted by atomic mass is 127. The maximum Gasteiger partial charge on any atom is 0.159 e. The summed E-state index contributed by atoms with van der Waals surface area (Å²) in [7, 11) is 0. The van der Waals surface area contributed by atoms with Gasteiger partial charge in [0.05, 0.1) is 12.7 Å². The van der Waals surface area contributed by atoms with Gasteiger partial charge in [-0.15, -0.1) is 0 Å². The zero-order chi connectivity index (χ0) is 20.6. The second-order valence-electron chi connectivity index (χ2n) is 7.51. The Morgan fingerprint density at radius 3 is 1.80 bits per heavy atom. The third kappa shape index (κ3) is 5.70. The van der Waals surface area contributed by atoms with E-state index in [0.29, 0.717) is 6.61 Å². The van der Waals surface area contributed by atoms with Crippen LogP contribution in [0, 0.1) is 0 Å². The van der Waals surface area contributed by atoms with E-state index in [-0.39, 0.29) is 24.6 Å². The lowest BCUT2D eigenvalue weighted by Crippen LogP contribution is -2.33. The molecule has 3 nitrogen and oxygen atoms in total. The van der Waals surface area contributed by atoms with Crippen molar-refractivity contribution in [2.45, 2.75) is 44.1 Å². The van der Waals surface area contributed by atoms with Crippen LogP contribution in [0.2, 0.25) is 0 Å². The van der Waals surface area contributed by atoms with Crippen molar-refractivity contribution in [3.63, 3.8) is 0 Å². The smallest absolute Gasteiger partial charge is 0.159 e. The van der Waals surface area contributed by atoms with Crippen molar-refractivity contribution in [1.29, 1.82) is 0 Å². The number of halogens is 1. The van der Waals surface area contributed by atoms with Gasteiger partial charge in [0, 0.05) is 10.8 Å². The number of ether oxygens (including phenoxy) is 3.